The molecule has 0 radical (unpaired) electrons. The Hall–Kier alpha value is -1.27. The zero-order chi connectivity index (χ0) is 9.26. The molecule has 0 spiro atoms. The summed E-state index contributed by atoms with van der Waals surface area (Å²) in [5.41, 5.74) is 5.98. The lowest BCUT2D eigenvalue weighted by atomic mass is 10.3. The van der Waals surface area contributed by atoms with Crippen LogP contribution in [-0.4, -0.2) is 14.7 Å². The molecule has 2 aromatic heterocycles. The summed E-state index contributed by atoms with van der Waals surface area (Å²) in [4.78, 5) is 11.8. The summed E-state index contributed by atoms with van der Waals surface area (Å²) < 4.78 is 7.85. The Balaban J connectivity index is 2.52. The van der Waals surface area contributed by atoms with Gasteiger partial charge in [0.15, 0.2) is 5.69 Å². The van der Waals surface area contributed by atoms with E-state index < -0.39 is 5.91 Å². The standard InChI is InChI=1S/C7H5N3OS2/c8-7(11)6-5(9-13-10-6)4-2-1-3-12-4/h1-3H,(H2,8,11). The zero-order valence-corrected chi connectivity index (χ0v) is 8.06. The number of carbonyl (C=O) groups excluding carboxylic acids is 1. The van der Waals surface area contributed by atoms with E-state index in [0.717, 1.165) is 16.6 Å². The van der Waals surface area contributed by atoms with Gasteiger partial charge < -0.3 is 5.73 Å². The van der Waals surface area contributed by atoms with E-state index in [1.807, 2.05) is 17.5 Å². The van der Waals surface area contributed by atoms with Crippen LogP contribution in [0.2, 0.25) is 0 Å². The Morgan fingerprint density at radius 2 is 2.31 bits per heavy atom. The average Bonchev–Trinajstić information content (AvgIpc) is 2.74. The van der Waals surface area contributed by atoms with Gasteiger partial charge in [-0.05, 0) is 11.4 Å². The van der Waals surface area contributed by atoms with Gasteiger partial charge in [-0.15, -0.1) is 11.3 Å². The molecule has 2 N–H and O–H groups in total. The van der Waals surface area contributed by atoms with Crippen molar-refractivity contribution < 1.29 is 4.79 Å². The molecule has 0 unspecified atom stereocenters. The molecule has 2 rings (SSSR count). The lowest BCUT2D eigenvalue weighted by molar-refractivity contribution is 0.0997. The minimum Gasteiger partial charge on any atom is -0.364 e. The van der Waals surface area contributed by atoms with E-state index in [9.17, 15) is 4.79 Å². The molecule has 66 valence electrons. The first-order valence-corrected chi connectivity index (χ1v) is 5.06. The second-order valence-corrected chi connectivity index (χ2v) is 3.78. The number of amides is 1. The first-order valence-electron chi connectivity index (χ1n) is 3.45. The topological polar surface area (TPSA) is 68.9 Å². The normalized spacial score (nSPS) is 10.2. The smallest absolute Gasteiger partial charge is 0.270 e. The van der Waals surface area contributed by atoms with Crippen LogP contribution in [0.3, 0.4) is 0 Å². The number of primary amides is 1. The van der Waals surface area contributed by atoms with Crippen molar-refractivity contribution in [2.45, 2.75) is 0 Å². The number of hydrogen-bond donors (Lipinski definition) is 1. The maximum atomic E-state index is 10.9. The summed E-state index contributed by atoms with van der Waals surface area (Å²) in [6.07, 6.45) is 0. The summed E-state index contributed by atoms with van der Waals surface area (Å²) in [5, 5.41) is 1.92. The Morgan fingerprint density at radius 1 is 1.46 bits per heavy atom. The maximum Gasteiger partial charge on any atom is 0.270 e. The Labute approximate surface area is 82.4 Å². The number of thiophene rings is 1. The molecule has 2 heterocycles. The predicted molar refractivity (Wildman–Crippen MR) is 51.7 cm³/mol. The number of carbonyl (C=O) groups is 1. The highest BCUT2D eigenvalue weighted by Gasteiger charge is 2.15. The lowest BCUT2D eigenvalue weighted by Crippen LogP contribution is -2.12. The second-order valence-electron chi connectivity index (χ2n) is 2.30. The van der Waals surface area contributed by atoms with Gasteiger partial charge in [-0.2, -0.15) is 8.75 Å². The molecule has 6 heteroatoms. The van der Waals surface area contributed by atoms with E-state index in [0.29, 0.717) is 5.69 Å². The van der Waals surface area contributed by atoms with Gasteiger partial charge in [0, 0.05) is 0 Å². The lowest BCUT2D eigenvalue weighted by Gasteiger charge is -1.91. The Morgan fingerprint density at radius 3 is 2.92 bits per heavy atom. The molecule has 0 atom stereocenters. The van der Waals surface area contributed by atoms with Crippen LogP contribution in [0.25, 0.3) is 10.6 Å². The minimum absolute atomic E-state index is 0.257. The van der Waals surface area contributed by atoms with Crippen LogP contribution in [0, 0.1) is 0 Å². The number of rotatable bonds is 2. The molecule has 0 aliphatic heterocycles. The summed E-state index contributed by atoms with van der Waals surface area (Å²) in [7, 11) is 0. The van der Waals surface area contributed by atoms with Crippen LogP contribution in [0.15, 0.2) is 17.5 Å². The first kappa shape index (κ1) is 8.33. The van der Waals surface area contributed by atoms with Crippen molar-refractivity contribution in [3.05, 3.63) is 23.2 Å². The van der Waals surface area contributed by atoms with Crippen molar-refractivity contribution in [2.24, 2.45) is 5.73 Å². The molecule has 0 aliphatic rings. The highest BCUT2D eigenvalue weighted by Crippen LogP contribution is 2.25. The summed E-state index contributed by atoms with van der Waals surface area (Å²) in [6, 6.07) is 3.78. The number of nitrogens with zero attached hydrogens (tertiary/aromatic N) is 2. The van der Waals surface area contributed by atoms with Crippen LogP contribution in [0.5, 0.6) is 0 Å². The van der Waals surface area contributed by atoms with Gasteiger partial charge in [-0.25, -0.2) is 0 Å². The molecule has 0 saturated heterocycles. The summed E-state index contributed by atoms with van der Waals surface area (Å²) in [6.45, 7) is 0. The molecule has 4 nitrogen and oxygen atoms in total. The molecule has 0 aromatic carbocycles. The molecular weight excluding hydrogens is 206 g/mol. The quantitative estimate of drug-likeness (QED) is 0.815. The first-order chi connectivity index (χ1) is 6.29. The predicted octanol–water partition coefficient (Wildman–Crippen LogP) is 1.37. The zero-order valence-electron chi connectivity index (χ0n) is 6.43. The van der Waals surface area contributed by atoms with E-state index >= 15 is 0 Å². The Bertz CT molecular complexity index is 421. The van der Waals surface area contributed by atoms with Gasteiger partial charge >= 0.3 is 0 Å². The number of nitrogens with two attached hydrogens (primary N) is 1. The van der Waals surface area contributed by atoms with E-state index in [-0.39, 0.29) is 5.69 Å². The van der Waals surface area contributed by atoms with Crippen LogP contribution in [0.4, 0.5) is 0 Å². The molecule has 1 amide bonds. The van der Waals surface area contributed by atoms with Crippen molar-refractivity contribution in [3.8, 4) is 10.6 Å². The fourth-order valence-electron chi connectivity index (χ4n) is 0.925. The molecule has 0 aliphatic carbocycles. The molecule has 13 heavy (non-hydrogen) atoms. The van der Waals surface area contributed by atoms with Gasteiger partial charge in [-0.3, -0.25) is 4.79 Å². The van der Waals surface area contributed by atoms with Gasteiger partial charge in [0.05, 0.1) is 16.6 Å². The molecule has 0 saturated carbocycles. The third kappa shape index (κ3) is 1.45. The largest absolute Gasteiger partial charge is 0.364 e. The highest BCUT2D eigenvalue weighted by molar-refractivity contribution is 7.13. The fourth-order valence-corrected chi connectivity index (χ4v) is 2.26. The van der Waals surface area contributed by atoms with Gasteiger partial charge in [0.25, 0.3) is 5.91 Å². The van der Waals surface area contributed by atoms with E-state index in [1.54, 1.807) is 0 Å². The molecule has 0 bridgehead atoms. The second kappa shape index (κ2) is 3.23. The van der Waals surface area contributed by atoms with Crippen molar-refractivity contribution in [2.75, 3.05) is 0 Å². The molecular formula is C7H5N3OS2. The SMILES string of the molecule is NC(=O)c1nsnc1-c1cccs1. The van der Waals surface area contributed by atoms with Crippen molar-refractivity contribution >= 4 is 29.0 Å². The van der Waals surface area contributed by atoms with Crippen LogP contribution in [0.1, 0.15) is 10.5 Å². The monoisotopic (exact) mass is 211 g/mol. The Kier molecular flexibility index (Phi) is 2.07. The van der Waals surface area contributed by atoms with Gasteiger partial charge in [-0.1, -0.05) is 6.07 Å². The summed E-state index contributed by atoms with van der Waals surface area (Å²) >= 11 is 2.51. The molecule has 2 aromatic rings. The minimum atomic E-state index is -0.530. The van der Waals surface area contributed by atoms with Gasteiger partial charge in [0.2, 0.25) is 0 Å². The van der Waals surface area contributed by atoms with E-state index in [1.165, 1.54) is 11.3 Å². The van der Waals surface area contributed by atoms with Crippen molar-refractivity contribution in [1.82, 2.24) is 8.75 Å². The maximum absolute atomic E-state index is 10.9. The third-order valence-electron chi connectivity index (χ3n) is 1.48. The van der Waals surface area contributed by atoms with E-state index in [4.69, 9.17) is 5.73 Å². The number of hydrogen-bond acceptors (Lipinski definition) is 5. The number of aromatic nitrogens is 2. The highest BCUT2D eigenvalue weighted by atomic mass is 32.1. The van der Waals surface area contributed by atoms with Crippen molar-refractivity contribution in [3.63, 3.8) is 0 Å². The third-order valence-corrected chi connectivity index (χ3v) is 2.88. The van der Waals surface area contributed by atoms with Crippen molar-refractivity contribution in [1.29, 1.82) is 0 Å². The fraction of sp³-hybridized carbons (Fsp3) is 0. The van der Waals surface area contributed by atoms with Crippen LogP contribution < -0.4 is 5.73 Å². The average molecular weight is 211 g/mol. The van der Waals surface area contributed by atoms with Gasteiger partial charge in [0.1, 0.15) is 5.69 Å². The summed E-state index contributed by atoms with van der Waals surface area (Å²) in [5.74, 6) is -0.530. The van der Waals surface area contributed by atoms with Crippen LogP contribution in [-0.2, 0) is 0 Å². The molecule has 0 fully saturated rings. The van der Waals surface area contributed by atoms with Crippen LogP contribution >= 0.6 is 23.1 Å². The van der Waals surface area contributed by atoms with E-state index in [2.05, 4.69) is 8.75 Å².